The first-order valence-electron chi connectivity index (χ1n) is 8.90. The summed E-state index contributed by atoms with van der Waals surface area (Å²) in [5.74, 6) is -0.0548. The fraction of sp³-hybridized carbons (Fsp3) is 0.316. The van der Waals surface area contributed by atoms with E-state index in [2.05, 4.69) is 15.2 Å². The predicted octanol–water partition coefficient (Wildman–Crippen LogP) is 3.23. The van der Waals surface area contributed by atoms with Crippen LogP contribution in [0.15, 0.2) is 40.5 Å². The molecule has 1 aromatic carbocycles. The molecule has 0 saturated carbocycles. The summed E-state index contributed by atoms with van der Waals surface area (Å²) in [5.41, 5.74) is 0.988. The lowest BCUT2D eigenvalue weighted by atomic mass is 10.3. The highest BCUT2D eigenvalue weighted by Gasteiger charge is 2.21. The number of hydrogen-bond donors (Lipinski definition) is 1. The molecule has 1 fully saturated rings. The van der Waals surface area contributed by atoms with Gasteiger partial charge in [0.25, 0.3) is 5.56 Å². The molecular formula is C19H19FN4O2S. The van der Waals surface area contributed by atoms with Crippen molar-refractivity contribution in [2.24, 2.45) is 0 Å². The third-order valence-electron chi connectivity index (χ3n) is 4.61. The van der Waals surface area contributed by atoms with Crippen LogP contribution >= 0.6 is 11.3 Å². The molecule has 1 aliphatic rings. The number of aromatic nitrogens is 2. The van der Waals surface area contributed by atoms with Gasteiger partial charge in [0.1, 0.15) is 10.5 Å². The number of nitrogens with zero attached hydrogens (tertiary/aromatic N) is 3. The molecule has 0 spiro atoms. The van der Waals surface area contributed by atoms with Crippen LogP contribution in [0.3, 0.4) is 0 Å². The lowest BCUT2D eigenvalue weighted by molar-refractivity contribution is -0.116. The Morgan fingerprint density at radius 3 is 2.85 bits per heavy atom. The molecule has 6 nitrogen and oxygen atoms in total. The highest BCUT2D eigenvalue weighted by atomic mass is 32.1. The molecule has 1 N–H and O–H groups in total. The van der Waals surface area contributed by atoms with Crippen molar-refractivity contribution in [2.75, 3.05) is 23.3 Å². The van der Waals surface area contributed by atoms with Crippen LogP contribution in [0.1, 0.15) is 19.3 Å². The van der Waals surface area contributed by atoms with E-state index in [0.717, 1.165) is 25.9 Å². The minimum atomic E-state index is -0.410. The molecule has 1 saturated heterocycles. The largest absolute Gasteiger partial charge is 0.342 e. The quantitative estimate of drug-likeness (QED) is 0.731. The Balaban J connectivity index is 1.57. The normalized spacial score (nSPS) is 14.0. The van der Waals surface area contributed by atoms with Gasteiger partial charge in [0, 0.05) is 31.7 Å². The lowest BCUT2D eigenvalue weighted by Gasteiger charge is -2.21. The third-order valence-corrected chi connectivity index (χ3v) is 5.50. The molecule has 140 valence electrons. The number of nitrogens with one attached hydrogen (secondary N) is 1. The van der Waals surface area contributed by atoms with Gasteiger partial charge in [-0.05, 0) is 42.5 Å². The minimum Gasteiger partial charge on any atom is -0.342 e. The number of carbonyl (C=O) groups excluding carboxylic acids is 1. The lowest BCUT2D eigenvalue weighted by Crippen LogP contribution is -2.32. The number of amides is 1. The molecule has 1 aliphatic heterocycles. The summed E-state index contributed by atoms with van der Waals surface area (Å²) in [6.07, 6.45) is 2.24. The Morgan fingerprint density at radius 2 is 2.07 bits per heavy atom. The zero-order valence-electron chi connectivity index (χ0n) is 14.7. The highest BCUT2D eigenvalue weighted by Crippen LogP contribution is 2.22. The molecular weight excluding hydrogens is 367 g/mol. The van der Waals surface area contributed by atoms with Crippen LogP contribution in [0, 0.1) is 5.82 Å². The van der Waals surface area contributed by atoms with Crippen LogP contribution < -0.4 is 15.8 Å². The van der Waals surface area contributed by atoms with Gasteiger partial charge in [-0.1, -0.05) is 6.07 Å². The van der Waals surface area contributed by atoms with Crippen molar-refractivity contribution in [3.63, 3.8) is 0 Å². The SMILES string of the molecule is O=C(CCn1c(N2CCCC2)nc2ccsc2c1=O)Nc1cccc(F)c1. The first-order chi connectivity index (χ1) is 13.1. The number of benzene rings is 1. The van der Waals surface area contributed by atoms with Crippen molar-refractivity contribution < 1.29 is 9.18 Å². The maximum Gasteiger partial charge on any atom is 0.272 e. The van der Waals surface area contributed by atoms with Crippen molar-refractivity contribution in [2.45, 2.75) is 25.8 Å². The van der Waals surface area contributed by atoms with Crippen molar-refractivity contribution in [1.29, 1.82) is 0 Å². The molecule has 8 heteroatoms. The average Bonchev–Trinajstić information content (AvgIpc) is 3.32. The summed E-state index contributed by atoms with van der Waals surface area (Å²) < 4.78 is 15.4. The summed E-state index contributed by atoms with van der Waals surface area (Å²) >= 11 is 1.36. The number of carbonyl (C=O) groups is 1. The molecule has 0 radical (unpaired) electrons. The van der Waals surface area contributed by atoms with E-state index in [0.29, 0.717) is 21.9 Å². The van der Waals surface area contributed by atoms with E-state index in [1.165, 1.54) is 29.5 Å². The molecule has 1 amide bonds. The van der Waals surface area contributed by atoms with E-state index in [-0.39, 0.29) is 24.4 Å². The predicted molar refractivity (Wildman–Crippen MR) is 105 cm³/mol. The summed E-state index contributed by atoms with van der Waals surface area (Å²) in [4.78, 5) is 32.0. The van der Waals surface area contributed by atoms with Crippen LogP contribution in [0.4, 0.5) is 16.0 Å². The molecule has 4 rings (SSSR count). The van der Waals surface area contributed by atoms with Crippen molar-refractivity contribution >= 4 is 39.1 Å². The molecule has 27 heavy (non-hydrogen) atoms. The highest BCUT2D eigenvalue weighted by molar-refractivity contribution is 7.17. The number of fused-ring (bicyclic) bond motifs is 1. The van der Waals surface area contributed by atoms with Gasteiger partial charge < -0.3 is 10.2 Å². The van der Waals surface area contributed by atoms with Crippen LogP contribution in [-0.2, 0) is 11.3 Å². The van der Waals surface area contributed by atoms with Crippen LogP contribution in [0.25, 0.3) is 10.2 Å². The number of thiophene rings is 1. The monoisotopic (exact) mass is 386 g/mol. The van der Waals surface area contributed by atoms with Crippen molar-refractivity contribution in [3.8, 4) is 0 Å². The van der Waals surface area contributed by atoms with Gasteiger partial charge in [-0.3, -0.25) is 14.2 Å². The van der Waals surface area contributed by atoms with E-state index >= 15 is 0 Å². The van der Waals surface area contributed by atoms with E-state index in [9.17, 15) is 14.0 Å². The second-order valence-electron chi connectivity index (χ2n) is 6.51. The molecule has 0 aliphatic carbocycles. The van der Waals surface area contributed by atoms with Gasteiger partial charge in [-0.15, -0.1) is 11.3 Å². The zero-order chi connectivity index (χ0) is 18.8. The van der Waals surface area contributed by atoms with Gasteiger partial charge in [0.2, 0.25) is 11.9 Å². The Labute approximate surface area is 159 Å². The first kappa shape index (κ1) is 17.7. The Kier molecular flexibility index (Phi) is 4.89. The molecule has 2 aromatic heterocycles. The van der Waals surface area contributed by atoms with E-state index in [4.69, 9.17) is 0 Å². The molecule has 0 bridgehead atoms. The average molecular weight is 386 g/mol. The number of hydrogen-bond acceptors (Lipinski definition) is 5. The number of anilines is 2. The number of halogens is 1. The Bertz CT molecular complexity index is 1040. The number of rotatable bonds is 5. The molecule has 3 aromatic rings. The minimum absolute atomic E-state index is 0.107. The van der Waals surface area contributed by atoms with Crippen molar-refractivity contribution in [3.05, 3.63) is 51.9 Å². The third kappa shape index (κ3) is 3.71. The molecule has 3 heterocycles. The van der Waals surface area contributed by atoms with Crippen molar-refractivity contribution in [1.82, 2.24) is 9.55 Å². The molecule has 0 unspecified atom stereocenters. The van der Waals surface area contributed by atoms with Gasteiger partial charge in [-0.2, -0.15) is 0 Å². The summed E-state index contributed by atoms with van der Waals surface area (Å²) in [6, 6.07) is 7.60. The second kappa shape index (κ2) is 7.48. The zero-order valence-corrected chi connectivity index (χ0v) is 15.5. The topological polar surface area (TPSA) is 67.2 Å². The summed E-state index contributed by atoms with van der Waals surface area (Å²) in [5, 5.41) is 4.52. The first-order valence-corrected chi connectivity index (χ1v) is 9.78. The van der Waals surface area contributed by atoms with E-state index in [1.54, 1.807) is 10.6 Å². The standard InChI is InChI=1S/C19H19FN4O2S/c20-13-4-3-5-14(12-13)21-16(25)6-10-24-18(26)17-15(7-11-27-17)22-19(24)23-8-1-2-9-23/h3-5,7,11-12H,1-2,6,8-10H2,(H,21,25). The van der Waals surface area contributed by atoms with E-state index in [1.807, 2.05) is 11.4 Å². The van der Waals surface area contributed by atoms with Crippen LogP contribution in [0.2, 0.25) is 0 Å². The second-order valence-corrected chi connectivity index (χ2v) is 7.42. The fourth-order valence-electron chi connectivity index (χ4n) is 3.30. The maximum atomic E-state index is 13.3. The molecule has 0 atom stereocenters. The summed E-state index contributed by atoms with van der Waals surface area (Å²) in [6.45, 7) is 1.95. The van der Waals surface area contributed by atoms with E-state index < -0.39 is 5.82 Å². The fourth-order valence-corrected chi connectivity index (χ4v) is 4.07. The van der Waals surface area contributed by atoms with Gasteiger partial charge in [0.05, 0.1) is 5.52 Å². The Hall–Kier alpha value is -2.74. The summed E-state index contributed by atoms with van der Waals surface area (Å²) in [7, 11) is 0. The Morgan fingerprint density at radius 1 is 1.26 bits per heavy atom. The van der Waals surface area contributed by atoms with Gasteiger partial charge in [-0.25, -0.2) is 9.37 Å². The smallest absolute Gasteiger partial charge is 0.272 e. The van der Waals surface area contributed by atoms with Gasteiger partial charge >= 0.3 is 0 Å². The van der Waals surface area contributed by atoms with Crippen LogP contribution in [-0.4, -0.2) is 28.5 Å². The van der Waals surface area contributed by atoms with Crippen LogP contribution in [0.5, 0.6) is 0 Å². The maximum absolute atomic E-state index is 13.3. The van der Waals surface area contributed by atoms with Gasteiger partial charge in [0.15, 0.2) is 0 Å².